The monoisotopic (exact) mass is 267 g/mol. The van der Waals surface area contributed by atoms with Crippen LogP contribution in [0.2, 0.25) is 5.02 Å². The van der Waals surface area contributed by atoms with Crippen molar-refractivity contribution in [3.05, 3.63) is 57.1 Å². The highest BCUT2D eigenvalue weighted by molar-refractivity contribution is 6.31. The van der Waals surface area contributed by atoms with Gasteiger partial charge in [-0.15, -0.1) is 0 Å². The molecule has 0 fully saturated rings. The average Bonchev–Trinajstić information content (AvgIpc) is 2.31. The predicted molar refractivity (Wildman–Crippen MR) is 64.4 cm³/mol. The van der Waals surface area contributed by atoms with Crippen LogP contribution in [0.5, 0.6) is 0 Å². The molecule has 6 heteroatoms. The van der Waals surface area contributed by atoms with E-state index in [1.54, 1.807) is 0 Å². The first-order valence-corrected chi connectivity index (χ1v) is 5.28. The topological polar surface area (TPSA) is 70.2 Å². The summed E-state index contributed by atoms with van der Waals surface area (Å²) < 4.78 is 13.0. The number of aromatic nitrogens is 1. The summed E-state index contributed by atoms with van der Waals surface area (Å²) >= 11 is 5.62. The van der Waals surface area contributed by atoms with Gasteiger partial charge >= 0.3 is 5.97 Å². The number of aromatic carboxylic acids is 1. The Morgan fingerprint density at radius 3 is 2.61 bits per heavy atom. The molecule has 2 aromatic rings. The molecule has 0 radical (unpaired) electrons. The highest BCUT2D eigenvalue weighted by Gasteiger charge is 2.09. The van der Waals surface area contributed by atoms with E-state index in [0.29, 0.717) is 5.56 Å². The summed E-state index contributed by atoms with van der Waals surface area (Å²) in [7, 11) is 0. The maximum Gasteiger partial charge on any atom is 0.335 e. The molecule has 0 atom stereocenters. The van der Waals surface area contributed by atoms with Crippen molar-refractivity contribution >= 4 is 17.6 Å². The Labute approximate surface area is 106 Å². The molecule has 0 saturated carbocycles. The number of hydrogen-bond donors (Lipinski definition) is 2. The van der Waals surface area contributed by atoms with Crippen LogP contribution in [0.4, 0.5) is 4.39 Å². The first kappa shape index (κ1) is 12.3. The third-order valence-electron chi connectivity index (χ3n) is 2.32. The van der Waals surface area contributed by atoms with Gasteiger partial charge < -0.3 is 10.1 Å². The van der Waals surface area contributed by atoms with Crippen LogP contribution >= 0.6 is 11.6 Å². The van der Waals surface area contributed by atoms with Crippen LogP contribution in [0.15, 0.2) is 35.1 Å². The Kier molecular flexibility index (Phi) is 3.16. The molecule has 2 rings (SSSR count). The van der Waals surface area contributed by atoms with Crippen LogP contribution in [-0.2, 0) is 0 Å². The van der Waals surface area contributed by atoms with Gasteiger partial charge in [-0.2, -0.15) is 0 Å². The molecule has 2 N–H and O–H groups in total. The van der Waals surface area contributed by atoms with Crippen LogP contribution in [-0.4, -0.2) is 16.1 Å². The van der Waals surface area contributed by atoms with Crippen molar-refractivity contribution in [2.24, 2.45) is 0 Å². The van der Waals surface area contributed by atoms with Gasteiger partial charge in [-0.1, -0.05) is 11.6 Å². The number of H-pyrrole nitrogens is 1. The highest BCUT2D eigenvalue weighted by Crippen LogP contribution is 2.23. The van der Waals surface area contributed by atoms with E-state index >= 15 is 0 Å². The van der Waals surface area contributed by atoms with E-state index in [1.165, 1.54) is 18.2 Å². The summed E-state index contributed by atoms with van der Waals surface area (Å²) in [5.74, 6) is -1.80. The molecule has 4 nitrogen and oxygen atoms in total. The van der Waals surface area contributed by atoms with Crippen LogP contribution in [0.1, 0.15) is 10.4 Å². The Balaban J connectivity index is 2.60. The molecule has 1 aromatic heterocycles. The molecule has 0 bridgehead atoms. The number of hydrogen-bond acceptors (Lipinski definition) is 2. The number of rotatable bonds is 2. The van der Waals surface area contributed by atoms with Crippen molar-refractivity contribution in [1.29, 1.82) is 0 Å². The fourth-order valence-corrected chi connectivity index (χ4v) is 1.67. The maximum absolute atomic E-state index is 13.0. The van der Waals surface area contributed by atoms with E-state index in [4.69, 9.17) is 16.7 Å². The third-order valence-corrected chi connectivity index (χ3v) is 2.61. The number of carboxylic acid groups (broad SMARTS) is 1. The number of carboxylic acids is 1. The summed E-state index contributed by atoms with van der Waals surface area (Å²) in [5.41, 5.74) is 0.00273. The average molecular weight is 268 g/mol. The summed E-state index contributed by atoms with van der Waals surface area (Å²) in [6.07, 6.45) is 0. The molecule has 0 aliphatic heterocycles. The van der Waals surface area contributed by atoms with Gasteiger partial charge in [0, 0.05) is 11.8 Å². The Hall–Kier alpha value is -2.14. The van der Waals surface area contributed by atoms with Crippen molar-refractivity contribution in [3.8, 4) is 11.3 Å². The van der Waals surface area contributed by atoms with Gasteiger partial charge in [-0.3, -0.25) is 4.79 Å². The normalized spacial score (nSPS) is 10.3. The maximum atomic E-state index is 13.0. The second-order valence-electron chi connectivity index (χ2n) is 3.58. The molecule has 0 saturated heterocycles. The van der Waals surface area contributed by atoms with Crippen molar-refractivity contribution in [2.75, 3.05) is 0 Å². The standard InChI is InChI=1S/C12H7ClFNO3/c13-8-3-6(1-2-9(8)14)10-4-7(12(17)18)5-11(16)15-10/h1-5H,(H,15,16)(H,17,18). The molecule has 0 unspecified atom stereocenters. The molecule has 18 heavy (non-hydrogen) atoms. The minimum Gasteiger partial charge on any atom is -0.478 e. The predicted octanol–water partition coefficient (Wildman–Crippen LogP) is 2.53. The van der Waals surface area contributed by atoms with E-state index in [2.05, 4.69) is 4.98 Å². The van der Waals surface area contributed by atoms with Crippen molar-refractivity contribution < 1.29 is 14.3 Å². The zero-order valence-corrected chi connectivity index (χ0v) is 9.66. The third kappa shape index (κ3) is 2.41. The van der Waals surface area contributed by atoms with E-state index in [-0.39, 0.29) is 16.3 Å². The van der Waals surface area contributed by atoms with Gasteiger partial charge in [0.25, 0.3) is 0 Å². The smallest absolute Gasteiger partial charge is 0.335 e. The van der Waals surface area contributed by atoms with Crippen molar-refractivity contribution in [2.45, 2.75) is 0 Å². The molecule has 92 valence electrons. The molecular formula is C12H7ClFNO3. The first-order valence-electron chi connectivity index (χ1n) is 4.90. The summed E-state index contributed by atoms with van der Waals surface area (Å²) in [4.78, 5) is 24.6. The molecule has 0 aliphatic carbocycles. The largest absolute Gasteiger partial charge is 0.478 e. The molecular weight excluding hydrogens is 261 g/mol. The number of pyridine rings is 1. The van der Waals surface area contributed by atoms with Gasteiger partial charge in [-0.25, -0.2) is 9.18 Å². The molecule has 0 amide bonds. The van der Waals surface area contributed by atoms with E-state index in [0.717, 1.165) is 12.1 Å². The molecule has 1 aromatic carbocycles. The number of nitrogens with one attached hydrogen (secondary N) is 1. The lowest BCUT2D eigenvalue weighted by Gasteiger charge is -2.04. The number of carbonyl (C=O) groups is 1. The Bertz CT molecular complexity index is 681. The lowest BCUT2D eigenvalue weighted by molar-refractivity contribution is 0.0696. The second kappa shape index (κ2) is 4.62. The zero-order chi connectivity index (χ0) is 13.3. The summed E-state index contributed by atoms with van der Waals surface area (Å²) in [6, 6.07) is 6.11. The lowest BCUT2D eigenvalue weighted by Crippen LogP contribution is -2.10. The second-order valence-corrected chi connectivity index (χ2v) is 3.99. The summed E-state index contributed by atoms with van der Waals surface area (Å²) in [6.45, 7) is 0. The fourth-order valence-electron chi connectivity index (χ4n) is 1.49. The number of halogens is 2. The van der Waals surface area contributed by atoms with Crippen LogP contribution in [0.25, 0.3) is 11.3 Å². The molecule has 1 heterocycles. The van der Waals surface area contributed by atoms with E-state index < -0.39 is 17.3 Å². The van der Waals surface area contributed by atoms with Gasteiger partial charge in [0.2, 0.25) is 5.56 Å². The van der Waals surface area contributed by atoms with E-state index in [9.17, 15) is 14.0 Å². The van der Waals surface area contributed by atoms with Gasteiger partial charge in [0.1, 0.15) is 5.82 Å². The summed E-state index contributed by atoms with van der Waals surface area (Å²) in [5, 5.41) is 8.74. The van der Waals surface area contributed by atoms with Crippen LogP contribution < -0.4 is 5.56 Å². The Morgan fingerprint density at radius 1 is 1.28 bits per heavy atom. The fraction of sp³-hybridized carbons (Fsp3) is 0. The van der Waals surface area contributed by atoms with Gasteiger partial charge in [0.05, 0.1) is 10.6 Å². The molecule has 0 spiro atoms. The highest BCUT2D eigenvalue weighted by atomic mass is 35.5. The van der Waals surface area contributed by atoms with Gasteiger partial charge in [-0.05, 0) is 29.8 Å². The van der Waals surface area contributed by atoms with Crippen molar-refractivity contribution in [3.63, 3.8) is 0 Å². The first-order chi connectivity index (χ1) is 8.47. The quantitative estimate of drug-likeness (QED) is 0.878. The zero-order valence-electron chi connectivity index (χ0n) is 8.91. The lowest BCUT2D eigenvalue weighted by atomic mass is 10.1. The van der Waals surface area contributed by atoms with Crippen LogP contribution in [0, 0.1) is 5.82 Å². The van der Waals surface area contributed by atoms with Crippen LogP contribution in [0.3, 0.4) is 0 Å². The Morgan fingerprint density at radius 2 is 2.00 bits per heavy atom. The van der Waals surface area contributed by atoms with E-state index in [1.807, 2.05) is 0 Å². The van der Waals surface area contributed by atoms with Crippen molar-refractivity contribution in [1.82, 2.24) is 4.98 Å². The minimum absolute atomic E-state index is 0.103. The minimum atomic E-state index is -1.21. The molecule has 0 aliphatic rings. The van der Waals surface area contributed by atoms with Gasteiger partial charge in [0.15, 0.2) is 0 Å². The SMILES string of the molecule is O=C(O)c1cc(-c2ccc(F)c(Cl)c2)[nH]c(=O)c1. The number of benzene rings is 1. The number of aromatic amines is 1.